The van der Waals surface area contributed by atoms with E-state index < -0.39 is 0 Å². The van der Waals surface area contributed by atoms with E-state index in [2.05, 4.69) is 5.16 Å². The zero-order valence-electron chi connectivity index (χ0n) is 8.54. The van der Waals surface area contributed by atoms with Crippen molar-refractivity contribution in [2.24, 2.45) is 0 Å². The zero-order chi connectivity index (χ0) is 11.0. The lowest BCUT2D eigenvalue weighted by molar-refractivity contribution is 0.439. The molecule has 2 rings (SSSR count). The van der Waals surface area contributed by atoms with Crippen LogP contribution in [0.3, 0.4) is 0 Å². The van der Waals surface area contributed by atoms with Crippen molar-refractivity contribution in [3.8, 4) is 11.3 Å². The van der Waals surface area contributed by atoms with Crippen molar-refractivity contribution in [3.05, 3.63) is 34.3 Å². The molecule has 0 saturated heterocycles. The summed E-state index contributed by atoms with van der Waals surface area (Å²) in [5.74, 6) is 0.351. The first-order chi connectivity index (χ1) is 7.11. The number of nitrogens with zero attached hydrogens (tertiary/aromatic N) is 1. The van der Waals surface area contributed by atoms with Crippen molar-refractivity contribution in [3.63, 3.8) is 0 Å². The number of hydrogen-bond acceptors (Lipinski definition) is 3. The molecule has 1 aromatic heterocycles. The molecule has 0 aliphatic heterocycles. The maximum absolute atomic E-state index is 6.03. The summed E-state index contributed by atoms with van der Waals surface area (Å²) in [7, 11) is 0. The summed E-state index contributed by atoms with van der Waals surface area (Å²) in [4.78, 5) is 0. The van der Waals surface area contributed by atoms with Crippen LogP contribution in [0, 0.1) is 13.8 Å². The van der Waals surface area contributed by atoms with Gasteiger partial charge in [0.15, 0.2) is 0 Å². The number of benzene rings is 1. The van der Waals surface area contributed by atoms with Gasteiger partial charge in [0.1, 0.15) is 5.69 Å². The van der Waals surface area contributed by atoms with Gasteiger partial charge in [0.25, 0.3) is 0 Å². The third-order valence-electron chi connectivity index (χ3n) is 2.48. The topological polar surface area (TPSA) is 52.0 Å². The average molecular weight is 223 g/mol. The quantitative estimate of drug-likeness (QED) is 0.806. The molecule has 0 bridgehead atoms. The van der Waals surface area contributed by atoms with E-state index in [1.54, 1.807) is 0 Å². The normalized spacial score (nSPS) is 10.6. The first kappa shape index (κ1) is 10.1. The predicted octanol–water partition coefficient (Wildman–Crippen LogP) is 3.19. The molecule has 2 aromatic rings. The number of anilines is 1. The van der Waals surface area contributed by atoms with Crippen LogP contribution >= 0.6 is 11.6 Å². The van der Waals surface area contributed by atoms with Gasteiger partial charge in [0, 0.05) is 16.1 Å². The average Bonchev–Trinajstić information content (AvgIpc) is 2.53. The minimum atomic E-state index is 0.351. The van der Waals surface area contributed by atoms with E-state index >= 15 is 0 Å². The lowest BCUT2D eigenvalue weighted by atomic mass is 10.0. The lowest BCUT2D eigenvalue weighted by Crippen LogP contribution is -1.88. The summed E-state index contributed by atoms with van der Waals surface area (Å²) in [6.07, 6.45) is 0. The Kier molecular flexibility index (Phi) is 2.40. The Morgan fingerprint density at radius 2 is 2.00 bits per heavy atom. The van der Waals surface area contributed by atoms with Gasteiger partial charge in [-0.2, -0.15) is 0 Å². The van der Waals surface area contributed by atoms with Crippen molar-refractivity contribution < 1.29 is 4.52 Å². The molecule has 1 aromatic carbocycles. The summed E-state index contributed by atoms with van der Waals surface area (Å²) in [6.45, 7) is 3.82. The van der Waals surface area contributed by atoms with Gasteiger partial charge in [-0.15, -0.1) is 0 Å². The maximum Gasteiger partial charge on any atom is 0.225 e. The van der Waals surface area contributed by atoms with E-state index in [1.165, 1.54) is 0 Å². The van der Waals surface area contributed by atoms with Crippen LogP contribution in [-0.4, -0.2) is 5.16 Å². The molecule has 0 spiro atoms. The van der Waals surface area contributed by atoms with E-state index in [0.29, 0.717) is 10.9 Å². The second-order valence-corrected chi connectivity index (χ2v) is 3.84. The molecule has 4 heteroatoms. The van der Waals surface area contributed by atoms with Gasteiger partial charge >= 0.3 is 0 Å². The number of hydrogen-bond donors (Lipinski definition) is 1. The van der Waals surface area contributed by atoms with Crippen molar-refractivity contribution in [1.29, 1.82) is 0 Å². The van der Waals surface area contributed by atoms with Gasteiger partial charge < -0.3 is 10.3 Å². The molecule has 15 heavy (non-hydrogen) atoms. The first-order valence-corrected chi connectivity index (χ1v) is 4.96. The van der Waals surface area contributed by atoms with E-state index in [4.69, 9.17) is 21.9 Å². The highest BCUT2D eigenvalue weighted by molar-refractivity contribution is 6.31. The Hall–Kier alpha value is -1.48. The van der Waals surface area contributed by atoms with Gasteiger partial charge in [-0.3, -0.25) is 0 Å². The largest absolute Gasteiger partial charge is 0.367 e. The molecule has 2 N–H and O–H groups in total. The summed E-state index contributed by atoms with van der Waals surface area (Å²) in [6, 6.07) is 5.68. The van der Waals surface area contributed by atoms with Crippen LogP contribution in [0.4, 0.5) is 5.88 Å². The Morgan fingerprint density at radius 1 is 1.27 bits per heavy atom. The number of halogens is 1. The number of nitrogens with two attached hydrogens (primary N) is 1. The summed E-state index contributed by atoms with van der Waals surface area (Å²) in [5.41, 5.74) is 9.15. The second-order valence-electron chi connectivity index (χ2n) is 3.43. The van der Waals surface area contributed by atoms with Gasteiger partial charge in [0.05, 0.1) is 0 Å². The van der Waals surface area contributed by atoms with Gasteiger partial charge in [0.2, 0.25) is 5.88 Å². The fraction of sp³-hybridized carbons (Fsp3) is 0.182. The SMILES string of the molecule is Cc1c(Cl)cccc1-c1noc(N)c1C. The summed E-state index contributed by atoms with van der Waals surface area (Å²) in [5, 5.41) is 4.65. The van der Waals surface area contributed by atoms with Crippen LogP contribution in [0.15, 0.2) is 22.7 Å². The number of rotatable bonds is 1. The van der Waals surface area contributed by atoms with E-state index in [-0.39, 0.29) is 0 Å². The highest BCUT2D eigenvalue weighted by Gasteiger charge is 2.13. The summed E-state index contributed by atoms with van der Waals surface area (Å²) >= 11 is 6.03. The molecular formula is C11H11ClN2O. The molecule has 0 fully saturated rings. The highest BCUT2D eigenvalue weighted by Crippen LogP contribution is 2.31. The van der Waals surface area contributed by atoms with Gasteiger partial charge in [-0.25, -0.2) is 0 Å². The summed E-state index contributed by atoms with van der Waals surface area (Å²) < 4.78 is 4.93. The van der Waals surface area contributed by atoms with Crippen molar-refractivity contribution in [2.45, 2.75) is 13.8 Å². The smallest absolute Gasteiger partial charge is 0.225 e. The Morgan fingerprint density at radius 3 is 2.60 bits per heavy atom. The Bertz CT molecular complexity index is 505. The van der Waals surface area contributed by atoms with E-state index in [1.807, 2.05) is 32.0 Å². The van der Waals surface area contributed by atoms with Crippen molar-refractivity contribution in [2.75, 3.05) is 5.73 Å². The third-order valence-corrected chi connectivity index (χ3v) is 2.89. The Labute approximate surface area is 92.8 Å². The predicted molar refractivity (Wildman–Crippen MR) is 60.8 cm³/mol. The monoisotopic (exact) mass is 222 g/mol. The third kappa shape index (κ3) is 1.59. The van der Waals surface area contributed by atoms with Crippen LogP contribution < -0.4 is 5.73 Å². The fourth-order valence-electron chi connectivity index (χ4n) is 1.46. The second kappa shape index (κ2) is 3.59. The standard InChI is InChI=1S/C11H11ClN2O/c1-6-8(4-3-5-9(6)12)10-7(2)11(13)15-14-10/h3-5H,13H2,1-2H3. The van der Waals surface area contributed by atoms with Crippen LogP contribution in [-0.2, 0) is 0 Å². The molecule has 0 saturated carbocycles. The molecule has 3 nitrogen and oxygen atoms in total. The fourth-order valence-corrected chi connectivity index (χ4v) is 1.64. The minimum Gasteiger partial charge on any atom is -0.367 e. The molecule has 0 unspecified atom stereocenters. The van der Waals surface area contributed by atoms with E-state index in [9.17, 15) is 0 Å². The van der Waals surface area contributed by atoms with Crippen molar-refractivity contribution in [1.82, 2.24) is 5.16 Å². The van der Waals surface area contributed by atoms with Gasteiger partial charge in [-0.05, 0) is 25.5 Å². The molecule has 0 aliphatic rings. The number of nitrogen functional groups attached to an aromatic ring is 1. The number of aromatic nitrogens is 1. The molecule has 0 amide bonds. The maximum atomic E-state index is 6.03. The highest BCUT2D eigenvalue weighted by atomic mass is 35.5. The molecule has 0 aliphatic carbocycles. The lowest BCUT2D eigenvalue weighted by Gasteiger charge is -2.04. The molecular weight excluding hydrogens is 212 g/mol. The van der Waals surface area contributed by atoms with Crippen LogP contribution in [0.25, 0.3) is 11.3 Å². The Balaban J connectivity index is 2.64. The van der Waals surface area contributed by atoms with Crippen molar-refractivity contribution >= 4 is 17.5 Å². The zero-order valence-corrected chi connectivity index (χ0v) is 9.30. The molecule has 78 valence electrons. The van der Waals surface area contributed by atoms with Crippen LogP contribution in [0.5, 0.6) is 0 Å². The first-order valence-electron chi connectivity index (χ1n) is 4.58. The minimum absolute atomic E-state index is 0.351. The van der Waals surface area contributed by atoms with Gasteiger partial charge in [-0.1, -0.05) is 28.9 Å². The molecule has 0 radical (unpaired) electrons. The molecule has 1 heterocycles. The molecule has 0 atom stereocenters. The van der Waals surface area contributed by atoms with Crippen LogP contribution in [0.1, 0.15) is 11.1 Å². The van der Waals surface area contributed by atoms with E-state index in [0.717, 1.165) is 22.4 Å². The van der Waals surface area contributed by atoms with Crippen LogP contribution in [0.2, 0.25) is 5.02 Å².